The predicted octanol–water partition coefficient (Wildman–Crippen LogP) is 3.54. The fourth-order valence-corrected chi connectivity index (χ4v) is 2.83. The van der Waals surface area contributed by atoms with E-state index in [1.165, 1.54) is 11.8 Å². The van der Waals surface area contributed by atoms with Crippen LogP contribution in [0, 0.1) is 0 Å². The van der Waals surface area contributed by atoms with Crippen LogP contribution in [0.2, 0.25) is 0 Å². The molecule has 0 aliphatic carbocycles. The number of aliphatic imine (C=N–C) groups is 1. The number of hydrogen-bond acceptors (Lipinski definition) is 5. The summed E-state index contributed by atoms with van der Waals surface area (Å²) >= 11 is 1.30. The van der Waals surface area contributed by atoms with Crippen molar-refractivity contribution in [3.8, 4) is 5.75 Å². The molecule has 0 spiro atoms. The molecule has 1 N–H and O–H groups in total. The van der Waals surface area contributed by atoms with Crippen LogP contribution in [-0.4, -0.2) is 22.7 Å². The molecule has 2 heterocycles. The molecule has 3 rings (SSSR count). The van der Waals surface area contributed by atoms with E-state index in [0.717, 1.165) is 11.3 Å². The molecule has 1 aromatic carbocycles. The van der Waals surface area contributed by atoms with Gasteiger partial charge < -0.3 is 10.1 Å². The van der Waals surface area contributed by atoms with E-state index in [1.54, 1.807) is 24.5 Å². The second kappa shape index (κ2) is 7.61. The number of aromatic nitrogens is 1. The largest absolute Gasteiger partial charge is 0.490 e. The average Bonchev–Trinajstić information content (AvgIpc) is 2.94. The van der Waals surface area contributed by atoms with Gasteiger partial charge in [0, 0.05) is 6.20 Å². The quantitative estimate of drug-likeness (QED) is 0.669. The van der Waals surface area contributed by atoms with Crippen molar-refractivity contribution in [3.05, 3.63) is 71.9 Å². The molecule has 24 heavy (non-hydrogen) atoms. The van der Waals surface area contributed by atoms with E-state index in [4.69, 9.17) is 4.74 Å². The van der Waals surface area contributed by atoms with Gasteiger partial charge in [0.2, 0.25) is 0 Å². The standard InChI is InChI=1S/C18H15N3O2S/c1-2-10-23-15-7-5-13(6-8-15)11-16-17(22)21-18(24-16)20-14-4-3-9-19-12-14/h2-9,11-12H,1,10H2,(H,20,21,22)/b16-11-. The molecule has 0 atom stereocenters. The number of nitrogens with zero attached hydrogens (tertiary/aromatic N) is 2. The number of rotatable bonds is 5. The fraction of sp³-hybridized carbons (Fsp3) is 0.0556. The van der Waals surface area contributed by atoms with Gasteiger partial charge in [0.15, 0.2) is 5.17 Å². The lowest BCUT2D eigenvalue weighted by Crippen LogP contribution is -2.19. The maximum atomic E-state index is 12.1. The lowest BCUT2D eigenvalue weighted by molar-refractivity contribution is -0.115. The molecule has 120 valence electrons. The minimum atomic E-state index is -0.158. The minimum Gasteiger partial charge on any atom is -0.490 e. The molecule has 1 aliphatic rings. The van der Waals surface area contributed by atoms with Crippen LogP contribution in [0.3, 0.4) is 0 Å². The summed E-state index contributed by atoms with van der Waals surface area (Å²) in [6.45, 7) is 4.08. The van der Waals surface area contributed by atoms with Crippen molar-refractivity contribution in [1.82, 2.24) is 10.3 Å². The normalized spacial score (nSPS) is 17.1. The van der Waals surface area contributed by atoms with E-state index in [-0.39, 0.29) is 5.91 Å². The second-order valence-electron chi connectivity index (χ2n) is 4.86. The van der Waals surface area contributed by atoms with Gasteiger partial charge in [-0.25, -0.2) is 4.99 Å². The Morgan fingerprint density at radius 2 is 2.12 bits per heavy atom. The summed E-state index contributed by atoms with van der Waals surface area (Å²) < 4.78 is 5.44. The van der Waals surface area contributed by atoms with Crippen LogP contribution in [0.25, 0.3) is 6.08 Å². The highest BCUT2D eigenvalue weighted by atomic mass is 32.2. The third-order valence-electron chi connectivity index (χ3n) is 3.07. The van der Waals surface area contributed by atoms with Crippen LogP contribution in [0.15, 0.2) is 71.3 Å². The first-order chi connectivity index (χ1) is 11.7. The number of pyridine rings is 1. The smallest absolute Gasteiger partial charge is 0.264 e. The summed E-state index contributed by atoms with van der Waals surface area (Å²) in [5, 5.41) is 3.30. The van der Waals surface area contributed by atoms with E-state index in [0.29, 0.717) is 22.4 Å². The summed E-state index contributed by atoms with van der Waals surface area (Å²) in [6, 6.07) is 11.1. The summed E-state index contributed by atoms with van der Waals surface area (Å²) in [6.07, 6.45) is 6.84. The molecule has 1 aliphatic heterocycles. The van der Waals surface area contributed by atoms with Gasteiger partial charge in [-0.3, -0.25) is 9.78 Å². The number of benzene rings is 1. The molecule has 2 aromatic rings. The molecular formula is C18H15N3O2S. The van der Waals surface area contributed by atoms with Crippen molar-refractivity contribution >= 4 is 34.6 Å². The maximum absolute atomic E-state index is 12.1. The molecule has 1 saturated heterocycles. The summed E-state index contributed by atoms with van der Waals surface area (Å²) in [5.41, 5.74) is 1.62. The number of carbonyl (C=O) groups is 1. The van der Waals surface area contributed by atoms with E-state index in [1.807, 2.05) is 36.4 Å². The molecule has 0 radical (unpaired) electrons. The molecule has 1 fully saturated rings. The summed E-state index contributed by atoms with van der Waals surface area (Å²) in [7, 11) is 0. The zero-order chi connectivity index (χ0) is 16.8. The van der Waals surface area contributed by atoms with E-state index in [9.17, 15) is 4.79 Å². The van der Waals surface area contributed by atoms with Gasteiger partial charge in [-0.1, -0.05) is 24.8 Å². The van der Waals surface area contributed by atoms with Gasteiger partial charge in [0.05, 0.1) is 16.8 Å². The Labute approximate surface area is 144 Å². The minimum absolute atomic E-state index is 0.158. The van der Waals surface area contributed by atoms with Crippen LogP contribution < -0.4 is 10.1 Å². The molecular weight excluding hydrogens is 322 g/mol. The van der Waals surface area contributed by atoms with Gasteiger partial charge in [-0.05, 0) is 47.7 Å². The SMILES string of the molecule is C=CCOc1ccc(/C=C2\SC(=Nc3cccnc3)NC2=O)cc1. The highest BCUT2D eigenvalue weighted by molar-refractivity contribution is 8.18. The monoisotopic (exact) mass is 337 g/mol. The van der Waals surface area contributed by atoms with Gasteiger partial charge in [-0.15, -0.1) is 0 Å². The van der Waals surface area contributed by atoms with Gasteiger partial charge in [0.25, 0.3) is 5.91 Å². The van der Waals surface area contributed by atoms with Crippen molar-refractivity contribution in [3.63, 3.8) is 0 Å². The average molecular weight is 337 g/mol. The van der Waals surface area contributed by atoms with Gasteiger partial charge in [-0.2, -0.15) is 0 Å². The Morgan fingerprint density at radius 3 is 2.83 bits per heavy atom. The first kappa shape index (κ1) is 16.0. The Kier molecular flexibility index (Phi) is 5.08. The maximum Gasteiger partial charge on any atom is 0.264 e. The number of amidine groups is 1. The highest BCUT2D eigenvalue weighted by Crippen LogP contribution is 2.28. The second-order valence-corrected chi connectivity index (χ2v) is 5.89. The lowest BCUT2D eigenvalue weighted by Gasteiger charge is -2.03. The van der Waals surface area contributed by atoms with E-state index in [2.05, 4.69) is 21.9 Å². The van der Waals surface area contributed by atoms with Crippen molar-refractivity contribution < 1.29 is 9.53 Å². The number of nitrogens with one attached hydrogen (secondary N) is 1. The first-order valence-corrected chi connectivity index (χ1v) is 8.09. The highest BCUT2D eigenvalue weighted by Gasteiger charge is 2.23. The molecule has 1 aromatic heterocycles. The molecule has 0 unspecified atom stereocenters. The molecule has 6 heteroatoms. The van der Waals surface area contributed by atoms with Crippen molar-refractivity contribution in [1.29, 1.82) is 0 Å². The third-order valence-corrected chi connectivity index (χ3v) is 3.98. The fourth-order valence-electron chi connectivity index (χ4n) is 1.98. The van der Waals surface area contributed by atoms with Gasteiger partial charge in [0.1, 0.15) is 12.4 Å². The van der Waals surface area contributed by atoms with Crippen LogP contribution in [-0.2, 0) is 4.79 Å². The predicted molar refractivity (Wildman–Crippen MR) is 97.2 cm³/mol. The third kappa shape index (κ3) is 4.11. The first-order valence-electron chi connectivity index (χ1n) is 7.28. The summed E-state index contributed by atoms with van der Waals surface area (Å²) in [5.74, 6) is 0.606. The van der Waals surface area contributed by atoms with Crippen molar-refractivity contribution in [2.75, 3.05) is 6.61 Å². The van der Waals surface area contributed by atoms with Crippen LogP contribution in [0.4, 0.5) is 5.69 Å². The number of thioether (sulfide) groups is 1. The number of carbonyl (C=O) groups excluding carboxylic acids is 1. The Morgan fingerprint density at radius 1 is 1.29 bits per heavy atom. The van der Waals surface area contributed by atoms with Crippen molar-refractivity contribution in [2.45, 2.75) is 0 Å². The van der Waals surface area contributed by atoms with Crippen LogP contribution in [0.1, 0.15) is 5.56 Å². The Balaban J connectivity index is 1.72. The number of hydrogen-bond donors (Lipinski definition) is 1. The zero-order valence-corrected chi connectivity index (χ0v) is 13.6. The Bertz CT molecular complexity index is 799. The molecule has 0 saturated carbocycles. The van der Waals surface area contributed by atoms with E-state index < -0.39 is 0 Å². The van der Waals surface area contributed by atoms with Crippen LogP contribution in [0.5, 0.6) is 5.75 Å². The zero-order valence-electron chi connectivity index (χ0n) is 12.8. The Hall–Kier alpha value is -2.86. The molecule has 5 nitrogen and oxygen atoms in total. The van der Waals surface area contributed by atoms with E-state index >= 15 is 0 Å². The van der Waals surface area contributed by atoms with Crippen LogP contribution >= 0.6 is 11.8 Å². The van der Waals surface area contributed by atoms with Gasteiger partial charge >= 0.3 is 0 Å². The number of ether oxygens (including phenoxy) is 1. The summed E-state index contributed by atoms with van der Waals surface area (Å²) in [4.78, 5) is 21.0. The topological polar surface area (TPSA) is 63.6 Å². The van der Waals surface area contributed by atoms with Crippen molar-refractivity contribution in [2.24, 2.45) is 4.99 Å². The molecule has 0 bridgehead atoms. The lowest BCUT2D eigenvalue weighted by atomic mass is 10.2. The molecule has 1 amide bonds. The number of amides is 1.